The largest absolute Gasteiger partial charge is 0.396 e. The predicted molar refractivity (Wildman–Crippen MR) is 54.8 cm³/mol. The van der Waals surface area contributed by atoms with E-state index in [9.17, 15) is 15.0 Å². The van der Waals surface area contributed by atoms with Crippen molar-refractivity contribution in [1.82, 2.24) is 14.8 Å². The monoisotopic (exact) mass is 242 g/mol. The van der Waals surface area contributed by atoms with Crippen LogP contribution in [0.3, 0.4) is 0 Å². The number of aliphatic hydroxyl groups is 3. The molecule has 1 heterocycles. The van der Waals surface area contributed by atoms with E-state index in [0.717, 1.165) is 0 Å². The fourth-order valence-electron chi connectivity index (χ4n) is 2.09. The second-order valence-electron chi connectivity index (χ2n) is 4.14. The van der Waals surface area contributed by atoms with Crippen molar-refractivity contribution in [1.29, 1.82) is 0 Å². The SMILES string of the molecule is NC(=O)c1ncn([C@H]2C[C@@H](CO)C(O)[C@H]2O)n1. The Kier molecular flexibility index (Phi) is 3.09. The van der Waals surface area contributed by atoms with Gasteiger partial charge in [-0.1, -0.05) is 0 Å². The van der Waals surface area contributed by atoms with Crippen molar-refractivity contribution < 1.29 is 20.1 Å². The van der Waals surface area contributed by atoms with Gasteiger partial charge in [0.05, 0.1) is 12.1 Å². The zero-order valence-corrected chi connectivity index (χ0v) is 8.97. The number of aromatic nitrogens is 3. The van der Waals surface area contributed by atoms with Gasteiger partial charge in [-0.3, -0.25) is 4.79 Å². The molecule has 1 aliphatic carbocycles. The number of carbonyl (C=O) groups is 1. The number of aliphatic hydroxyl groups excluding tert-OH is 3. The van der Waals surface area contributed by atoms with Crippen LogP contribution in [0.2, 0.25) is 0 Å². The van der Waals surface area contributed by atoms with Crippen LogP contribution in [0.25, 0.3) is 0 Å². The molecule has 0 aliphatic heterocycles. The van der Waals surface area contributed by atoms with Crippen LogP contribution in [-0.4, -0.2) is 54.8 Å². The Morgan fingerprint density at radius 3 is 2.71 bits per heavy atom. The van der Waals surface area contributed by atoms with Gasteiger partial charge in [0.2, 0.25) is 5.82 Å². The van der Waals surface area contributed by atoms with Gasteiger partial charge in [-0.25, -0.2) is 9.67 Å². The minimum absolute atomic E-state index is 0.140. The van der Waals surface area contributed by atoms with Gasteiger partial charge in [0.1, 0.15) is 12.4 Å². The Bertz CT molecular complexity index is 421. The molecule has 0 aromatic carbocycles. The molecule has 8 heteroatoms. The summed E-state index contributed by atoms with van der Waals surface area (Å²) in [5, 5.41) is 32.3. The van der Waals surface area contributed by atoms with E-state index in [1.165, 1.54) is 11.0 Å². The molecule has 1 aliphatic rings. The molecule has 1 aromatic heterocycles. The number of rotatable bonds is 3. The predicted octanol–water partition coefficient (Wildman–Crippen LogP) is -2.35. The number of amides is 1. The number of hydrogen-bond acceptors (Lipinski definition) is 6. The molecule has 1 unspecified atom stereocenters. The molecule has 94 valence electrons. The number of carbonyl (C=O) groups excluding carboxylic acids is 1. The van der Waals surface area contributed by atoms with Crippen molar-refractivity contribution in [3.05, 3.63) is 12.2 Å². The van der Waals surface area contributed by atoms with E-state index in [4.69, 9.17) is 10.8 Å². The van der Waals surface area contributed by atoms with Crippen molar-refractivity contribution in [3.8, 4) is 0 Å². The zero-order valence-electron chi connectivity index (χ0n) is 8.97. The smallest absolute Gasteiger partial charge is 0.288 e. The lowest BCUT2D eigenvalue weighted by Gasteiger charge is -2.16. The highest BCUT2D eigenvalue weighted by atomic mass is 16.3. The number of hydrogen-bond donors (Lipinski definition) is 4. The maximum atomic E-state index is 10.8. The van der Waals surface area contributed by atoms with Gasteiger partial charge < -0.3 is 21.1 Å². The molecule has 8 nitrogen and oxygen atoms in total. The van der Waals surface area contributed by atoms with Crippen molar-refractivity contribution in [2.75, 3.05) is 6.61 Å². The van der Waals surface area contributed by atoms with Gasteiger partial charge in [0.25, 0.3) is 5.91 Å². The number of nitrogens with two attached hydrogens (primary N) is 1. The first-order chi connectivity index (χ1) is 8.04. The quantitative estimate of drug-likeness (QED) is 0.469. The summed E-state index contributed by atoms with van der Waals surface area (Å²) in [6.45, 7) is -0.216. The van der Waals surface area contributed by atoms with Crippen LogP contribution in [0.5, 0.6) is 0 Å². The zero-order chi connectivity index (χ0) is 12.6. The van der Waals surface area contributed by atoms with Gasteiger partial charge in [0, 0.05) is 12.5 Å². The van der Waals surface area contributed by atoms with E-state index in [1.54, 1.807) is 0 Å². The molecule has 4 atom stereocenters. The summed E-state index contributed by atoms with van der Waals surface area (Å²) in [6, 6.07) is -0.511. The Hall–Kier alpha value is -1.51. The fourth-order valence-corrected chi connectivity index (χ4v) is 2.09. The molecule has 1 fully saturated rings. The standard InChI is InChI=1S/C9H14N4O4/c10-8(17)9-11-3-13(12-9)5-1-4(2-14)6(15)7(5)16/h3-7,14-16H,1-2H2,(H2,10,17)/t4-,5-,6?,7-/m0/s1. The van der Waals surface area contributed by atoms with E-state index in [-0.39, 0.29) is 12.4 Å². The third-order valence-corrected chi connectivity index (χ3v) is 3.07. The summed E-state index contributed by atoms with van der Waals surface area (Å²) in [4.78, 5) is 14.5. The summed E-state index contributed by atoms with van der Waals surface area (Å²) in [7, 11) is 0. The summed E-state index contributed by atoms with van der Waals surface area (Å²) in [5.41, 5.74) is 5.01. The Balaban J connectivity index is 2.19. The normalized spacial score (nSPS) is 32.9. The highest BCUT2D eigenvalue weighted by Gasteiger charge is 2.42. The van der Waals surface area contributed by atoms with E-state index < -0.39 is 30.1 Å². The Morgan fingerprint density at radius 2 is 2.24 bits per heavy atom. The highest BCUT2D eigenvalue weighted by molar-refractivity contribution is 5.88. The second-order valence-corrected chi connectivity index (χ2v) is 4.14. The molecule has 0 spiro atoms. The molecule has 1 saturated carbocycles. The van der Waals surface area contributed by atoms with Gasteiger partial charge in [0.15, 0.2) is 0 Å². The second kappa shape index (κ2) is 4.40. The van der Waals surface area contributed by atoms with Crippen LogP contribution in [0, 0.1) is 5.92 Å². The van der Waals surface area contributed by atoms with Crippen LogP contribution < -0.4 is 5.73 Å². The van der Waals surface area contributed by atoms with E-state index in [0.29, 0.717) is 6.42 Å². The first kappa shape index (κ1) is 12.0. The van der Waals surface area contributed by atoms with Gasteiger partial charge in [-0.15, -0.1) is 5.10 Å². The maximum absolute atomic E-state index is 10.8. The minimum atomic E-state index is -1.05. The lowest BCUT2D eigenvalue weighted by molar-refractivity contribution is -0.00541. The van der Waals surface area contributed by atoms with Crippen molar-refractivity contribution in [2.45, 2.75) is 24.7 Å². The average molecular weight is 242 g/mol. The van der Waals surface area contributed by atoms with Gasteiger partial charge in [-0.05, 0) is 6.42 Å². The van der Waals surface area contributed by atoms with Crippen LogP contribution in [-0.2, 0) is 0 Å². The third kappa shape index (κ3) is 2.02. The average Bonchev–Trinajstić information content (AvgIpc) is 2.87. The van der Waals surface area contributed by atoms with Gasteiger partial charge >= 0.3 is 0 Å². The topological polar surface area (TPSA) is 134 Å². The maximum Gasteiger partial charge on any atom is 0.288 e. The van der Waals surface area contributed by atoms with Gasteiger partial charge in [-0.2, -0.15) is 0 Å². The van der Waals surface area contributed by atoms with Crippen LogP contribution >= 0.6 is 0 Å². The van der Waals surface area contributed by atoms with Crippen molar-refractivity contribution in [2.24, 2.45) is 11.7 Å². The molecule has 2 rings (SSSR count). The summed E-state index contributed by atoms with van der Waals surface area (Å²) >= 11 is 0. The third-order valence-electron chi connectivity index (χ3n) is 3.07. The summed E-state index contributed by atoms with van der Waals surface area (Å²) in [5.74, 6) is -1.30. The molecular formula is C9H14N4O4. The van der Waals surface area contributed by atoms with E-state index in [2.05, 4.69) is 10.1 Å². The first-order valence-electron chi connectivity index (χ1n) is 5.22. The molecule has 1 aromatic rings. The highest BCUT2D eigenvalue weighted by Crippen LogP contribution is 2.34. The summed E-state index contributed by atoms with van der Waals surface area (Å²) in [6.07, 6.45) is -0.415. The van der Waals surface area contributed by atoms with E-state index in [1.807, 2.05) is 0 Å². The minimum Gasteiger partial charge on any atom is -0.396 e. The van der Waals surface area contributed by atoms with Crippen LogP contribution in [0.4, 0.5) is 0 Å². The molecule has 5 N–H and O–H groups in total. The van der Waals surface area contributed by atoms with Crippen molar-refractivity contribution >= 4 is 5.91 Å². The lowest BCUT2D eigenvalue weighted by atomic mass is 10.1. The van der Waals surface area contributed by atoms with Crippen molar-refractivity contribution in [3.63, 3.8) is 0 Å². The molecular weight excluding hydrogens is 228 g/mol. The fraction of sp³-hybridized carbons (Fsp3) is 0.667. The Labute approximate surface area is 96.7 Å². The lowest BCUT2D eigenvalue weighted by Crippen LogP contribution is -2.30. The van der Waals surface area contributed by atoms with Crippen LogP contribution in [0.1, 0.15) is 23.1 Å². The Morgan fingerprint density at radius 1 is 1.53 bits per heavy atom. The molecule has 1 amide bonds. The number of primary amides is 1. The molecule has 0 bridgehead atoms. The van der Waals surface area contributed by atoms with E-state index >= 15 is 0 Å². The first-order valence-corrected chi connectivity index (χ1v) is 5.22. The molecule has 0 saturated heterocycles. The van der Waals surface area contributed by atoms with Crippen LogP contribution in [0.15, 0.2) is 6.33 Å². The molecule has 17 heavy (non-hydrogen) atoms. The summed E-state index contributed by atoms with van der Waals surface area (Å²) < 4.78 is 1.30. The number of nitrogens with zero attached hydrogens (tertiary/aromatic N) is 3. The molecule has 0 radical (unpaired) electrons.